The lowest BCUT2D eigenvalue weighted by Crippen LogP contribution is -2.28. The van der Waals surface area contributed by atoms with Gasteiger partial charge in [-0.2, -0.15) is 0 Å². The van der Waals surface area contributed by atoms with Crippen molar-refractivity contribution in [2.45, 2.75) is 26.3 Å². The number of benzene rings is 1. The molecule has 3 rings (SSSR count). The molecule has 1 amide bonds. The van der Waals surface area contributed by atoms with Gasteiger partial charge in [0.1, 0.15) is 5.58 Å². The van der Waals surface area contributed by atoms with Crippen LogP contribution in [-0.2, 0) is 11.2 Å². The third-order valence-electron chi connectivity index (χ3n) is 3.72. The summed E-state index contributed by atoms with van der Waals surface area (Å²) in [5.74, 6) is -0.0281. The van der Waals surface area contributed by atoms with Crippen molar-refractivity contribution in [2.24, 2.45) is 0 Å². The van der Waals surface area contributed by atoms with Crippen LogP contribution < -0.4 is 5.32 Å². The number of hydrogen-bond donors (Lipinski definition) is 1. The number of rotatable bonds is 4. The minimum Gasteiger partial charge on any atom is -0.464 e. The van der Waals surface area contributed by atoms with Gasteiger partial charge in [0.2, 0.25) is 5.91 Å². The standard InChI is InChI=1S/C18H18N2O2/c1-12-5-6-16-15(11-22-17(16)8-12)9-18(21)20-13(2)14-4-3-7-19-10-14/h3-8,10-11,13H,9H2,1-2H3,(H,20,21). The van der Waals surface area contributed by atoms with E-state index >= 15 is 0 Å². The van der Waals surface area contributed by atoms with E-state index in [9.17, 15) is 4.79 Å². The van der Waals surface area contributed by atoms with Crippen molar-refractivity contribution < 1.29 is 9.21 Å². The molecule has 1 atom stereocenters. The lowest BCUT2D eigenvalue weighted by atomic mass is 10.1. The quantitative estimate of drug-likeness (QED) is 0.800. The summed E-state index contributed by atoms with van der Waals surface area (Å²) in [7, 11) is 0. The number of carbonyl (C=O) groups excluding carboxylic acids is 1. The molecule has 0 aliphatic carbocycles. The number of carbonyl (C=O) groups is 1. The van der Waals surface area contributed by atoms with Gasteiger partial charge in [0, 0.05) is 23.3 Å². The van der Waals surface area contributed by atoms with E-state index in [4.69, 9.17) is 4.42 Å². The van der Waals surface area contributed by atoms with Crippen LogP contribution in [0.25, 0.3) is 11.0 Å². The van der Waals surface area contributed by atoms with Crippen LogP contribution in [0.3, 0.4) is 0 Å². The minimum atomic E-state index is -0.0680. The highest BCUT2D eigenvalue weighted by Gasteiger charge is 2.13. The predicted molar refractivity (Wildman–Crippen MR) is 85.4 cm³/mol. The number of pyridine rings is 1. The van der Waals surface area contributed by atoms with Crippen LogP contribution in [-0.4, -0.2) is 10.9 Å². The van der Waals surface area contributed by atoms with Crippen LogP contribution in [0.15, 0.2) is 53.4 Å². The van der Waals surface area contributed by atoms with Gasteiger partial charge in [0.15, 0.2) is 0 Å². The highest BCUT2D eigenvalue weighted by Crippen LogP contribution is 2.23. The average Bonchev–Trinajstić information content (AvgIpc) is 2.90. The molecule has 0 aliphatic heterocycles. The van der Waals surface area contributed by atoms with E-state index in [1.807, 2.05) is 44.2 Å². The van der Waals surface area contributed by atoms with E-state index in [1.165, 1.54) is 0 Å². The first-order chi connectivity index (χ1) is 10.6. The molecule has 0 aliphatic rings. The Morgan fingerprint density at radius 2 is 2.23 bits per heavy atom. The lowest BCUT2D eigenvalue weighted by molar-refractivity contribution is -0.121. The van der Waals surface area contributed by atoms with Gasteiger partial charge in [-0.1, -0.05) is 18.2 Å². The van der Waals surface area contributed by atoms with Crippen LogP contribution in [0.2, 0.25) is 0 Å². The van der Waals surface area contributed by atoms with Crippen LogP contribution >= 0.6 is 0 Å². The summed E-state index contributed by atoms with van der Waals surface area (Å²) in [5.41, 5.74) is 3.86. The molecule has 3 aromatic rings. The Bertz CT molecular complexity index is 793. The first-order valence-electron chi connectivity index (χ1n) is 7.29. The maximum Gasteiger partial charge on any atom is 0.225 e. The maximum absolute atomic E-state index is 12.2. The Balaban J connectivity index is 1.71. The van der Waals surface area contributed by atoms with Gasteiger partial charge in [-0.15, -0.1) is 0 Å². The monoisotopic (exact) mass is 294 g/mol. The van der Waals surface area contributed by atoms with Gasteiger partial charge < -0.3 is 9.73 Å². The van der Waals surface area contributed by atoms with E-state index in [0.29, 0.717) is 6.42 Å². The molecule has 0 saturated heterocycles. The second-order valence-electron chi connectivity index (χ2n) is 5.51. The third kappa shape index (κ3) is 3.01. The molecule has 2 aromatic heterocycles. The number of furan rings is 1. The van der Waals surface area contributed by atoms with E-state index in [0.717, 1.165) is 27.7 Å². The summed E-state index contributed by atoms with van der Waals surface area (Å²) in [6, 6.07) is 9.76. The molecule has 0 spiro atoms. The Morgan fingerprint density at radius 1 is 1.36 bits per heavy atom. The normalized spacial score (nSPS) is 12.3. The minimum absolute atomic E-state index is 0.0281. The molecule has 4 heteroatoms. The van der Waals surface area contributed by atoms with Crippen LogP contribution in [0.1, 0.15) is 29.7 Å². The second kappa shape index (κ2) is 6.02. The SMILES string of the molecule is Cc1ccc2c(CC(=O)NC(C)c3cccnc3)coc2c1. The zero-order chi connectivity index (χ0) is 15.5. The van der Waals surface area contributed by atoms with E-state index in [-0.39, 0.29) is 11.9 Å². The molecule has 0 radical (unpaired) electrons. The fourth-order valence-corrected chi connectivity index (χ4v) is 2.51. The van der Waals surface area contributed by atoms with E-state index < -0.39 is 0 Å². The molecular weight excluding hydrogens is 276 g/mol. The summed E-state index contributed by atoms with van der Waals surface area (Å²) < 4.78 is 5.53. The maximum atomic E-state index is 12.2. The molecule has 0 bridgehead atoms. The van der Waals surface area contributed by atoms with E-state index in [1.54, 1.807) is 18.7 Å². The first kappa shape index (κ1) is 14.3. The highest BCUT2D eigenvalue weighted by atomic mass is 16.3. The van der Waals surface area contributed by atoms with E-state index in [2.05, 4.69) is 10.3 Å². The Kier molecular flexibility index (Phi) is 3.92. The molecule has 1 N–H and O–H groups in total. The smallest absolute Gasteiger partial charge is 0.225 e. The van der Waals surface area contributed by atoms with Gasteiger partial charge in [0.05, 0.1) is 18.7 Å². The Labute approximate surface area is 129 Å². The molecule has 1 aromatic carbocycles. The molecule has 22 heavy (non-hydrogen) atoms. The van der Waals surface area contributed by atoms with Crippen LogP contribution in [0.5, 0.6) is 0 Å². The zero-order valence-corrected chi connectivity index (χ0v) is 12.7. The number of aryl methyl sites for hydroxylation is 1. The summed E-state index contributed by atoms with van der Waals surface area (Å²) in [5, 5.41) is 3.99. The number of fused-ring (bicyclic) bond motifs is 1. The summed E-state index contributed by atoms with van der Waals surface area (Å²) in [6.45, 7) is 3.97. The van der Waals surface area contributed by atoms with Crippen LogP contribution in [0, 0.1) is 6.92 Å². The van der Waals surface area contributed by atoms with Gasteiger partial charge in [-0.3, -0.25) is 9.78 Å². The third-order valence-corrected chi connectivity index (χ3v) is 3.72. The molecule has 0 saturated carbocycles. The van der Waals surface area contributed by atoms with Crippen molar-refractivity contribution in [3.8, 4) is 0 Å². The fraction of sp³-hybridized carbons (Fsp3) is 0.222. The van der Waals surface area contributed by atoms with Crippen molar-refractivity contribution in [3.05, 3.63) is 65.7 Å². The van der Waals surface area contributed by atoms with Crippen LogP contribution in [0.4, 0.5) is 0 Å². The summed E-state index contributed by atoms with van der Waals surface area (Å²) in [4.78, 5) is 16.3. The fourth-order valence-electron chi connectivity index (χ4n) is 2.51. The summed E-state index contributed by atoms with van der Waals surface area (Å²) >= 11 is 0. The largest absolute Gasteiger partial charge is 0.464 e. The lowest BCUT2D eigenvalue weighted by Gasteiger charge is -2.13. The molecule has 0 fully saturated rings. The highest BCUT2D eigenvalue weighted by molar-refractivity contribution is 5.88. The van der Waals surface area contributed by atoms with Gasteiger partial charge in [-0.05, 0) is 37.1 Å². The molecule has 112 valence electrons. The number of aromatic nitrogens is 1. The van der Waals surface area contributed by atoms with Crippen molar-refractivity contribution >= 4 is 16.9 Å². The number of nitrogens with one attached hydrogen (secondary N) is 1. The van der Waals surface area contributed by atoms with Crippen molar-refractivity contribution in [1.29, 1.82) is 0 Å². The predicted octanol–water partition coefficient (Wildman–Crippen LogP) is 3.56. The molecule has 1 unspecified atom stereocenters. The Morgan fingerprint density at radius 3 is 3.00 bits per heavy atom. The topological polar surface area (TPSA) is 55.1 Å². The van der Waals surface area contributed by atoms with Crippen molar-refractivity contribution in [3.63, 3.8) is 0 Å². The van der Waals surface area contributed by atoms with Gasteiger partial charge >= 0.3 is 0 Å². The average molecular weight is 294 g/mol. The second-order valence-corrected chi connectivity index (χ2v) is 5.51. The van der Waals surface area contributed by atoms with Gasteiger partial charge in [-0.25, -0.2) is 0 Å². The molecular formula is C18H18N2O2. The number of hydrogen-bond acceptors (Lipinski definition) is 3. The number of nitrogens with zero attached hydrogens (tertiary/aromatic N) is 1. The zero-order valence-electron chi connectivity index (χ0n) is 12.7. The molecule has 2 heterocycles. The van der Waals surface area contributed by atoms with Crippen molar-refractivity contribution in [1.82, 2.24) is 10.3 Å². The van der Waals surface area contributed by atoms with Crippen molar-refractivity contribution in [2.75, 3.05) is 0 Å². The number of amides is 1. The Hall–Kier alpha value is -2.62. The first-order valence-corrected chi connectivity index (χ1v) is 7.29. The summed E-state index contributed by atoms with van der Waals surface area (Å²) in [6.07, 6.45) is 5.46. The molecule has 4 nitrogen and oxygen atoms in total. The van der Waals surface area contributed by atoms with Gasteiger partial charge in [0.25, 0.3) is 0 Å².